The Labute approximate surface area is 181 Å². The van der Waals surface area contributed by atoms with Crippen molar-refractivity contribution in [2.75, 3.05) is 5.32 Å². The Morgan fingerprint density at radius 3 is 2.32 bits per heavy atom. The van der Waals surface area contributed by atoms with Gasteiger partial charge in [0.15, 0.2) is 5.69 Å². The van der Waals surface area contributed by atoms with Gasteiger partial charge in [-0.05, 0) is 43.3 Å². The fourth-order valence-electron chi connectivity index (χ4n) is 3.19. The van der Waals surface area contributed by atoms with E-state index in [-0.39, 0.29) is 11.4 Å². The highest BCUT2D eigenvalue weighted by Crippen LogP contribution is 2.15. The first-order valence-electron chi connectivity index (χ1n) is 9.38. The molecule has 9 heteroatoms. The minimum absolute atomic E-state index is 0.0828. The Balaban J connectivity index is 1.71. The van der Waals surface area contributed by atoms with Crippen LogP contribution < -0.4 is 16.3 Å². The smallest absolute Gasteiger partial charge is 0.295 e. The van der Waals surface area contributed by atoms with Gasteiger partial charge in [-0.25, -0.2) is 9.36 Å². The summed E-state index contributed by atoms with van der Waals surface area (Å²) in [4.78, 5) is 38.2. The third-order valence-electron chi connectivity index (χ3n) is 4.91. The first kappa shape index (κ1) is 20.4. The summed E-state index contributed by atoms with van der Waals surface area (Å²) in [6.07, 6.45) is 1.46. The summed E-state index contributed by atoms with van der Waals surface area (Å²) in [5.74, 6) is -0.765. The first-order chi connectivity index (χ1) is 14.9. The number of para-hydroxylation sites is 1. The van der Waals surface area contributed by atoms with E-state index in [0.717, 1.165) is 0 Å². The molecule has 0 fully saturated rings. The third-order valence-corrected chi connectivity index (χ3v) is 5.16. The summed E-state index contributed by atoms with van der Waals surface area (Å²) in [6, 6.07) is 17.1. The number of hydrogen-bond acceptors (Lipinski definition) is 4. The van der Waals surface area contributed by atoms with E-state index < -0.39 is 16.9 Å². The molecule has 1 N–H and O–H groups in total. The summed E-state index contributed by atoms with van der Waals surface area (Å²) in [5, 5.41) is 7.27. The van der Waals surface area contributed by atoms with Gasteiger partial charge in [-0.1, -0.05) is 29.8 Å². The second kappa shape index (κ2) is 8.08. The Bertz CT molecular complexity index is 1390. The number of anilines is 1. The van der Waals surface area contributed by atoms with Crippen molar-refractivity contribution in [1.29, 1.82) is 0 Å². The molecule has 0 aliphatic carbocycles. The number of benzene rings is 2. The summed E-state index contributed by atoms with van der Waals surface area (Å²) in [5.41, 5.74) is 0.609. The van der Waals surface area contributed by atoms with Crippen molar-refractivity contribution in [3.8, 4) is 11.4 Å². The van der Waals surface area contributed by atoms with Crippen LogP contribution in [0.4, 0.5) is 5.69 Å². The SMILES string of the molecule is Cc1c(NC(=O)c2nn(-c3ccc(Cl)cc3)ccc2=O)c(=O)n(-c2ccccc2)n1C. The standard InChI is InChI=1S/C22H18ClN5O3/c1-14-19(22(31)28(26(14)2)17-6-4-3-5-7-17)24-21(30)20-18(29)12-13-27(25-20)16-10-8-15(23)9-11-16/h3-13H,1-2H3,(H,24,30). The molecule has 1 amide bonds. The van der Waals surface area contributed by atoms with E-state index in [4.69, 9.17) is 11.6 Å². The van der Waals surface area contributed by atoms with E-state index in [0.29, 0.717) is 22.1 Å². The second-order valence-electron chi connectivity index (χ2n) is 6.84. The minimum Gasteiger partial charge on any atom is -0.314 e. The quantitative estimate of drug-likeness (QED) is 0.533. The second-order valence-corrected chi connectivity index (χ2v) is 7.28. The number of rotatable bonds is 4. The number of carbonyl (C=O) groups is 1. The fourth-order valence-corrected chi connectivity index (χ4v) is 3.31. The van der Waals surface area contributed by atoms with Crippen molar-refractivity contribution in [1.82, 2.24) is 19.1 Å². The van der Waals surface area contributed by atoms with E-state index in [1.54, 1.807) is 55.1 Å². The molecule has 2 aromatic heterocycles. The molecule has 0 saturated carbocycles. The molecule has 0 aliphatic heterocycles. The van der Waals surface area contributed by atoms with Crippen LogP contribution in [0.25, 0.3) is 11.4 Å². The lowest BCUT2D eigenvalue weighted by Crippen LogP contribution is -2.28. The molecular formula is C22H18ClN5O3. The molecule has 2 heterocycles. The Hall–Kier alpha value is -3.91. The van der Waals surface area contributed by atoms with Crippen LogP contribution in [0.5, 0.6) is 0 Å². The van der Waals surface area contributed by atoms with Crippen LogP contribution in [0.3, 0.4) is 0 Å². The van der Waals surface area contributed by atoms with Gasteiger partial charge in [-0.2, -0.15) is 5.10 Å². The van der Waals surface area contributed by atoms with Crippen molar-refractivity contribution in [3.63, 3.8) is 0 Å². The molecule has 156 valence electrons. The molecule has 0 saturated heterocycles. The lowest BCUT2D eigenvalue weighted by Gasteiger charge is -2.08. The van der Waals surface area contributed by atoms with Gasteiger partial charge < -0.3 is 5.32 Å². The van der Waals surface area contributed by atoms with Gasteiger partial charge in [0.1, 0.15) is 5.69 Å². The lowest BCUT2D eigenvalue weighted by atomic mass is 10.3. The van der Waals surface area contributed by atoms with Gasteiger partial charge in [0.25, 0.3) is 11.5 Å². The monoisotopic (exact) mass is 435 g/mol. The van der Waals surface area contributed by atoms with E-state index in [1.807, 2.05) is 18.2 Å². The Morgan fingerprint density at radius 1 is 0.968 bits per heavy atom. The van der Waals surface area contributed by atoms with E-state index >= 15 is 0 Å². The first-order valence-corrected chi connectivity index (χ1v) is 9.76. The molecule has 31 heavy (non-hydrogen) atoms. The maximum absolute atomic E-state index is 13.0. The van der Waals surface area contributed by atoms with Gasteiger partial charge in [-0.15, -0.1) is 0 Å². The summed E-state index contributed by atoms with van der Waals surface area (Å²) >= 11 is 5.91. The van der Waals surface area contributed by atoms with Crippen molar-refractivity contribution in [3.05, 3.63) is 104 Å². The van der Waals surface area contributed by atoms with Crippen molar-refractivity contribution in [2.24, 2.45) is 7.05 Å². The molecule has 0 bridgehead atoms. The van der Waals surface area contributed by atoms with Crippen LogP contribution in [0.15, 0.2) is 76.4 Å². The number of nitrogens with zero attached hydrogens (tertiary/aromatic N) is 4. The fraction of sp³-hybridized carbons (Fsp3) is 0.0909. The largest absolute Gasteiger partial charge is 0.314 e. The van der Waals surface area contributed by atoms with Crippen LogP contribution >= 0.6 is 11.6 Å². The zero-order chi connectivity index (χ0) is 22.1. The zero-order valence-electron chi connectivity index (χ0n) is 16.7. The predicted molar refractivity (Wildman–Crippen MR) is 119 cm³/mol. The van der Waals surface area contributed by atoms with E-state index in [1.165, 1.54) is 21.6 Å². The summed E-state index contributed by atoms with van der Waals surface area (Å²) in [7, 11) is 1.72. The van der Waals surface area contributed by atoms with Crippen molar-refractivity contribution in [2.45, 2.75) is 6.92 Å². The van der Waals surface area contributed by atoms with Gasteiger partial charge in [0.05, 0.1) is 17.1 Å². The Kier molecular flexibility index (Phi) is 5.31. The van der Waals surface area contributed by atoms with Crippen molar-refractivity contribution >= 4 is 23.2 Å². The highest BCUT2D eigenvalue weighted by molar-refractivity contribution is 6.30. The van der Waals surface area contributed by atoms with E-state index in [9.17, 15) is 14.4 Å². The van der Waals surface area contributed by atoms with Gasteiger partial charge in [0.2, 0.25) is 5.43 Å². The van der Waals surface area contributed by atoms with Crippen LogP contribution in [0.2, 0.25) is 5.02 Å². The molecule has 0 spiro atoms. The van der Waals surface area contributed by atoms with Crippen LogP contribution in [0, 0.1) is 6.92 Å². The molecule has 0 aliphatic rings. The molecule has 0 unspecified atom stereocenters. The number of halogens is 1. The third kappa shape index (κ3) is 3.80. The minimum atomic E-state index is -0.765. The predicted octanol–water partition coefficient (Wildman–Crippen LogP) is 2.94. The molecule has 2 aromatic carbocycles. The highest BCUT2D eigenvalue weighted by Gasteiger charge is 2.21. The number of hydrogen-bond donors (Lipinski definition) is 1. The average Bonchev–Trinajstić information content (AvgIpc) is 2.98. The number of carbonyl (C=O) groups excluding carboxylic acids is 1. The number of amides is 1. The molecule has 4 rings (SSSR count). The highest BCUT2D eigenvalue weighted by atomic mass is 35.5. The molecule has 4 aromatic rings. The van der Waals surface area contributed by atoms with Crippen LogP contribution in [0.1, 0.15) is 16.2 Å². The molecular weight excluding hydrogens is 418 g/mol. The molecule has 0 atom stereocenters. The number of nitrogens with one attached hydrogen (secondary N) is 1. The molecule has 0 radical (unpaired) electrons. The van der Waals surface area contributed by atoms with Crippen LogP contribution in [-0.2, 0) is 7.05 Å². The average molecular weight is 436 g/mol. The van der Waals surface area contributed by atoms with Crippen LogP contribution in [-0.4, -0.2) is 25.1 Å². The van der Waals surface area contributed by atoms with Crippen molar-refractivity contribution < 1.29 is 4.79 Å². The van der Waals surface area contributed by atoms with E-state index in [2.05, 4.69) is 10.4 Å². The number of aromatic nitrogens is 4. The topological polar surface area (TPSA) is 90.9 Å². The van der Waals surface area contributed by atoms with Gasteiger partial charge >= 0.3 is 0 Å². The maximum Gasteiger partial charge on any atom is 0.295 e. The zero-order valence-corrected chi connectivity index (χ0v) is 17.5. The summed E-state index contributed by atoms with van der Waals surface area (Å²) in [6.45, 7) is 1.71. The maximum atomic E-state index is 13.0. The normalized spacial score (nSPS) is 10.8. The van der Waals surface area contributed by atoms with Gasteiger partial charge in [0, 0.05) is 24.3 Å². The molecule has 8 nitrogen and oxygen atoms in total. The lowest BCUT2D eigenvalue weighted by molar-refractivity contribution is 0.101. The van der Waals surface area contributed by atoms with Gasteiger partial charge in [-0.3, -0.25) is 19.1 Å². The summed E-state index contributed by atoms with van der Waals surface area (Å²) < 4.78 is 4.47. The Morgan fingerprint density at radius 2 is 1.65 bits per heavy atom.